The molecule has 4 aliphatic rings. The Labute approximate surface area is 206 Å². The number of hydrogen-bond donors (Lipinski definition) is 0. The van der Waals surface area contributed by atoms with Crippen molar-refractivity contribution in [2.24, 2.45) is 11.8 Å². The summed E-state index contributed by atoms with van der Waals surface area (Å²) < 4.78 is 0. The van der Waals surface area contributed by atoms with Crippen LogP contribution in [0.25, 0.3) is 0 Å². The van der Waals surface area contributed by atoms with Crippen LogP contribution in [-0.2, 0) is 14.4 Å². The lowest BCUT2D eigenvalue weighted by molar-refractivity contribution is -0.140. The molecule has 7 heteroatoms. The molecule has 34 heavy (non-hydrogen) atoms. The number of hydrogen-bond acceptors (Lipinski definition) is 3. The number of benzene rings is 3. The van der Waals surface area contributed by atoms with Crippen LogP contribution in [0, 0.1) is 11.8 Å². The Morgan fingerprint density at radius 3 is 1.68 bits per heavy atom. The number of rotatable bonds is 3. The van der Waals surface area contributed by atoms with E-state index < -0.39 is 11.8 Å². The van der Waals surface area contributed by atoms with Gasteiger partial charge in [0.1, 0.15) is 6.67 Å². The molecule has 3 aliphatic carbocycles. The molecule has 2 bridgehead atoms. The summed E-state index contributed by atoms with van der Waals surface area (Å²) in [5.74, 6) is -2.10. The van der Waals surface area contributed by atoms with Crippen molar-refractivity contribution in [3.63, 3.8) is 0 Å². The molecular formula is C27H20Cl2N2O3. The Kier molecular flexibility index (Phi) is 4.84. The summed E-state index contributed by atoms with van der Waals surface area (Å²) in [5, 5.41) is 0.655. The van der Waals surface area contributed by atoms with Gasteiger partial charge in [0.15, 0.2) is 0 Å². The molecule has 0 spiro atoms. The van der Waals surface area contributed by atoms with Gasteiger partial charge in [-0.1, -0.05) is 71.7 Å². The number of carbonyl (C=O) groups is 3. The average Bonchev–Trinajstić information content (AvgIpc) is 3.09. The maximum atomic E-state index is 13.8. The van der Waals surface area contributed by atoms with E-state index in [4.69, 9.17) is 23.2 Å². The molecule has 3 amide bonds. The molecular weight excluding hydrogens is 471 g/mol. The summed E-state index contributed by atoms with van der Waals surface area (Å²) in [7, 11) is 0. The fourth-order valence-electron chi connectivity index (χ4n) is 6.04. The van der Waals surface area contributed by atoms with Crippen molar-refractivity contribution in [2.45, 2.75) is 18.8 Å². The summed E-state index contributed by atoms with van der Waals surface area (Å²) in [5.41, 5.74) is 4.94. The topological polar surface area (TPSA) is 57.7 Å². The van der Waals surface area contributed by atoms with E-state index in [1.165, 1.54) is 16.7 Å². The number of likely N-dealkylation sites (tertiary alicyclic amines) is 1. The molecule has 1 saturated heterocycles. The highest BCUT2D eigenvalue weighted by molar-refractivity contribution is 6.42. The molecule has 0 saturated carbocycles. The first kappa shape index (κ1) is 21.4. The fourth-order valence-corrected chi connectivity index (χ4v) is 6.33. The summed E-state index contributed by atoms with van der Waals surface area (Å²) in [6.07, 6.45) is 0. The van der Waals surface area contributed by atoms with E-state index in [0.29, 0.717) is 15.7 Å². The van der Waals surface area contributed by atoms with Crippen LogP contribution in [0.3, 0.4) is 0 Å². The molecule has 2 atom stereocenters. The SMILES string of the molecule is CC(=O)N(CN1C(=O)[C@H]2C3c4ccccc4C(c4ccccc43)[C@@H]2C1=O)c1ccc(Cl)c(Cl)c1. The summed E-state index contributed by atoms with van der Waals surface area (Å²) in [4.78, 5) is 42.8. The molecule has 0 radical (unpaired) electrons. The molecule has 7 rings (SSSR count). The second-order valence-corrected chi connectivity index (χ2v) is 9.87. The van der Waals surface area contributed by atoms with Gasteiger partial charge < -0.3 is 0 Å². The van der Waals surface area contributed by atoms with Crippen molar-refractivity contribution in [3.8, 4) is 0 Å². The van der Waals surface area contributed by atoms with Gasteiger partial charge in [-0.3, -0.25) is 24.2 Å². The molecule has 170 valence electrons. The molecule has 1 heterocycles. The van der Waals surface area contributed by atoms with Gasteiger partial charge in [0.25, 0.3) is 0 Å². The molecule has 1 fully saturated rings. The number of nitrogens with zero attached hydrogens (tertiary/aromatic N) is 2. The Morgan fingerprint density at radius 2 is 1.26 bits per heavy atom. The first-order chi connectivity index (χ1) is 16.4. The highest BCUT2D eigenvalue weighted by Crippen LogP contribution is 2.60. The second-order valence-electron chi connectivity index (χ2n) is 9.06. The van der Waals surface area contributed by atoms with Crippen molar-refractivity contribution in [1.29, 1.82) is 0 Å². The zero-order valence-corrected chi connectivity index (χ0v) is 19.8. The Hall–Kier alpha value is -3.15. The summed E-state index contributed by atoms with van der Waals surface area (Å²) >= 11 is 12.2. The van der Waals surface area contributed by atoms with Gasteiger partial charge >= 0.3 is 0 Å². The Morgan fingerprint density at radius 1 is 0.794 bits per heavy atom. The first-order valence-corrected chi connectivity index (χ1v) is 11.9. The first-order valence-electron chi connectivity index (χ1n) is 11.1. The van der Waals surface area contributed by atoms with E-state index in [0.717, 1.165) is 22.3 Å². The van der Waals surface area contributed by atoms with Gasteiger partial charge in [-0.05, 0) is 40.5 Å². The van der Waals surface area contributed by atoms with Crippen LogP contribution in [0.5, 0.6) is 0 Å². The minimum absolute atomic E-state index is 0.163. The van der Waals surface area contributed by atoms with Crippen molar-refractivity contribution >= 4 is 46.6 Å². The predicted molar refractivity (Wildman–Crippen MR) is 130 cm³/mol. The number of carbonyl (C=O) groups excluding carboxylic acids is 3. The van der Waals surface area contributed by atoms with E-state index in [-0.39, 0.29) is 36.2 Å². The van der Waals surface area contributed by atoms with Crippen LogP contribution < -0.4 is 4.90 Å². The van der Waals surface area contributed by atoms with Crippen LogP contribution in [0.15, 0.2) is 66.7 Å². The van der Waals surface area contributed by atoms with Crippen molar-refractivity contribution in [2.75, 3.05) is 11.6 Å². The maximum Gasteiger partial charge on any atom is 0.235 e. The normalized spacial score (nSPS) is 24.0. The lowest BCUT2D eigenvalue weighted by Crippen LogP contribution is -2.44. The van der Waals surface area contributed by atoms with Crippen LogP contribution in [0.1, 0.15) is 41.0 Å². The van der Waals surface area contributed by atoms with Crippen LogP contribution in [-0.4, -0.2) is 29.3 Å². The van der Waals surface area contributed by atoms with Crippen LogP contribution in [0.4, 0.5) is 5.69 Å². The third kappa shape index (κ3) is 2.90. The van der Waals surface area contributed by atoms with Crippen molar-refractivity contribution in [1.82, 2.24) is 4.90 Å². The molecule has 0 N–H and O–H groups in total. The summed E-state index contributed by atoms with van der Waals surface area (Å²) in [6, 6.07) is 21.0. The molecule has 3 aromatic rings. The molecule has 3 aromatic carbocycles. The van der Waals surface area contributed by atoms with E-state index in [2.05, 4.69) is 24.3 Å². The number of amides is 3. The maximum absolute atomic E-state index is 13.8. The number of imide groups is 1. The van der Waals surface area contributed by atoms with Gasteiger partial charge in [0.05, 0.1) is 21.9 Å². The standard InChI is InChI=1S/C27H20Cl2N2O3/c1-14(32)30(15-10-11-20(28)21(29)12-15)13-31-26(33)24-22-16-6-2-3-7-17(16)23(25(24)27(31)34)19-9-5-4-8-18(19)22/h2-12,22-25H,13H2,1H3/t22?,23?,24-,25-/m0/s1. The third-order valence-corrected chi connectivity index (χ3v) is 8.16. The molecule has 0 aromatic heterocycles. The monoisotopic (exact) mass is 490 g/mol. The van der Waals surface area contributed by atoms with E-state index >= 15 is 0 Å². The van der Waals surface area contributed by atoms with Gasteiger partial charge in [0.2, 0.25) is 17.7 Å². The minimum atomic E-state index is -0.482. The number of halogens is 2. The number of anilines is 1. The van der Waals surface area contributed by atoms with Gasteiger partial charge in [-0.2, -0.15) is 0 Å². The third-order valence-electron chi connectivity index (χ3n) is 7.42. The Balaban J connectivity index is 1.42. The highest BCUT2D eigenvalue weighted by Gasteiger charge is 2.61. The predicted octanol–water partition coefficient (Wildman–Crippen LogP) is 5.20. The van der Waals surface area contributed by atoms with Gasteiger partial charge in [-0.25, -0.2) is 0 Å². The fraction of sp³-hybridized carbons (Fsp3) is 0.222. The lowest BCUT2D eigenvalue weighted by Gasteiger charge is -2.45. The van der Waals surface area contributed by atoms with Crippen LogP contribution >= 0.6 is 23.2 Å². The van der Waals surface area contributed by atoms with Crippen LogP contribution in [0.2, 0.25) is 10.0 Å². The van der Waals surface area contributed by atoms with Crippen molar-refractivity contribution < 1.29 is 14.4 Å². The second kappa shape index (κ2) is 7.69. The van der Waals surface area contributed by atoms with Gasteiger partial charge in [0, 0.05) is 24.4 Å². The quantitative estimate of drug-likeness (QED) is 0.474. The zero-order valence-electron chi connectivity index (χ0n) is 18.2. The van der Waals surface area contributed by atoms with E-state index in [9.17, 15) is 14.4 Å². The van der Waals surface area contributed by atoms with E-state index in [1.807, 2.05) is 24.3 Å². The van der Waals surface area contributed by atoms with E-state index in [1.54, 1.807) is 18.2 Å². The largest absolute Gasteiger partial charge is 0.294 e. The van der Waals surface area contributed by atoms with Gasteiger partial charge in [-0.15, -0.1) is 0 Å². The molecule has 1 aliphatic heterocycles. The Bertz CT molecular complexity index is 1270. The molecule has 5 nitrogen and oxygen atoms in total. The highest BCUT2D eigenvalue weighted by atomic mass is 35.5. The minimum Gasteiger partial charge on any atom is -0.294 e. The van der Waals surface area contributed by atoms with Crippen molar-refractivity contribution in [3.05, 3.63) is 99.0 Å². The average molecular weight is 491 g/mol. The molecule has 0 unspecified atom stereocenters. The zero-order chi connectivity index (χ0) is 23.7. The smallest absolute Gasteiger partial charge is 0.235 e. The lowest BCUT2D eigenvalue weighted by atomic mass is 9.55. The summed E-state index contributed by atoms with van der Waals surface area (Å²) in [6.45, 7) is 1.24.